The van der Waals surface area contributed by atoms with Gasteiger partial charge in [0.15, 0.2) is 0 Å². The van der Waals surface area contributed by atoms with Crippen molar-refractivity contribution in [1.29, 1.82) is 5.26 Å². The zero-order valence-electron chi connectivity index (χ0n) is 11.1. The normalized spacial score (nSPS) is 16.8. The molecule has 0 bridgehead atoms. The van der Waals surface area contributed by atoms with Crippen molar-refractivity contribution in [2.75, 3.05) is 18.5 Å². The molecule has 6 nitrogen and oxygen atoms in total. The molecular weight excluding hydrogens is 279 g/mol. The van der Waals surface area contributed by atoms with Gasteiger partial charge in [-0.05, 0) is 31.0 Å². The fraction of sp³-hybridized carbons (Fsp3) is 0.357. The number of carboxylic acid groups (broad SMARTS) is 1. The topological polar surface area (TPSA) is 99.4 Å². The van der Waals surface area contributed by atoms with Crippen LogP contribution in [-0.2, 0) is 9.53 Å². The number of carboxylic acids is 1. The Kier molecular flexibility index (Phi) is 4.19. The highest BCUT2D eigenvalue weighted by Gasteiger charge is 2.40. The van der Waals surface area contributed by atoms with Crippen molar-refractivity contribution in [3.63, 3.8) is 0 Å². The SMILES string of the molecule is N#CC1(C(=O)Nc2cc(C(=O)O)ccc2F)CCOCC1. The Morgan fingerprint density at radius 3 is 2.62 bits per heavy atom. The number of halogens is 1. The van der Waals surface area contributed by atoms with Crippen molar-refractivity contribution in [2.45, 2.75) is 12.8 Å². The molecule has 0 unspecified atom stereocenters. The average molecular weight is 292 g/mol. The van der Waals surface area contributed by atoms with E-state index >= 15 is 0 Å². The lowest BCUT2D eigenvalue weighted by Crippen LogP contribution is -2.40. The first kappa shape index (κ1) is 14.9. The Labute approximate surface area is 120 Å². The van der Waals surface area contributed by atoms with Gasteiger partial charge in [0, 0.05) is 13.2 Å². The Bertz CT molecular complexity index is 618. The standard InChI is InChI=1S/C14H13FN2O4/c15-10-2-1-9(12(18)19)7-11(10)17-13(20)14(8-16)3-5-21-6-4-14/h1-2,7H,3-6H2,(H,17,20)(H,18,19). The molecule has 2 rings (SSSR count). The second-order valence-electron chi connectivity index (χ2n) is 4.76. The van der Waals surface area contributed by atoms with Crippen molar-refractivity contribution in [3.05, 3.63) is 29.6 Å². The minimum atomic E-state index is -1.27. The Morgan fingerprint density at radius 2 is 2.05 bits per heavy atom. The van der Waals surface area contributed by atoms with Gasteiger partial charge < -0.3 is 15.2 Å². The third-order valence-corrected chi connectivity index (χ3v) is 3.46. The highest BCUT2D eigenvalue weighted by Crippen LogP contribution is 2.31. The zero-order valence-corrected chi connectivity index (χ0v) is 11.1. The molecule has 0 atom stereocenters. The summed E-state index contributed by atoms with van der Waals surface area (Å²) >= 11 is 0. The van der Waals surface area contributed by atoms with Crippen LogP contribution in [0.15, 0.2) is 18.2 Å². The Morgan fingerprint density at radius 1 is 1.38 bits per heavy atom. The van der Waals surface area contributed by atoms with Crippen LogP contribution in [0.1, 0.15) is 23.2 Å². The third-order valence-electron chi connectivity index (χ3n) is 3.46. The number of nitrogens with zero attached hydrogens (tertiary/aromatic N) is 1. The summed E-state index contributed by atoms with van der Waals surface area (Å²) in [6, 6.07) is 5.05. The lowest BCUT2D eigenvalue weighted by atomic mass is 9.81. The van der Waals surface area contributed by atoms with Crippen LogP contribution in [0.2, 0.25) is 0 Å². The molecule has 0 spiro atoms. The number of aromatic carboxylic acids is 1. The molecule has 2 N–H and O–H groups in total. The van der Waals surface area contributed by atoms with Crippen LogP contribution in [0.25, 0.3) is 0 Å². The van der Waals surface area contributed by atoms with Crippen LogP contribution >= 0.6 is 0 Å². The van der Waals surface area contributed by atoms with Gasteiger partial charge in [0.2, 0.25) is 5.91 Å². The lowest BCUT2D eigenvalue weighted by molar-refractivity contribution is -0.126. The van der Waals surface area contributed by atoms with Gasteiger partial charge >= 0.3 is 5.97 Å². The van der Waals surface area contributed by atoms with Gasteiger partial charge in [-0.15, -0.1) is 0 Å². The number of benzene rings is 1. The van der Waals surface area contributed by atoms with Crippen molar-refractivity contribution in [1.82, 2.24) is 0 Å². The first-order chi connectivity index (χ1) is 9.98. The summed E-state index contributed by atoms with van der Waals surface area (Å²) in [5.74, 6) is -2.63. The molecule has 0 radical (unpaired) electrons. The number of carbonyl (C=O) groups excluding carboxylic acids is 1. The molecule has 110 valence electrons. The summed E-state index contributed by atoms with van der Waals surface area (Å²) in [5.41, 5.74) is -1.67. The lowest BCUT2D eigenvalue weighted by Gasteiger charge is -2.29. The van der Waals surface area contributed by atoms with Crippen molar-refractivity contribution in [2.24, 2.45) is 5.41 Å². The van der Waals surface area contributed by atoms with Crippen LogP contribution in [0.3, 0.4) is 0 Å². The van der Waals surface area contributed by atoms with Crippen molar-refractivity contribution >= 4 is 17.6 Å². The van der Waals surface area contributed by atoms with Crippen LogP contribution in [0, 0.1) is 22.6 Å². The van der Waals surface area contributed by atoms with Gasteiger partial charge in [-0.25, -0.2) is 9.18 Å². The first-order valence-corrected chi connectivity index (χ1v) is 6.32. The summed E-state index contributed by atoms with van der Waals surface area (Å²) in [6.07, 6.45) is 0.436. The van der Waals surface area contributed by atoms with Crippen molar-refractivity contribution < 1.29 is 23.8 Å². The van der Waals surface area contributed by atoms with Crippen LogP contribution in [-0.4, -0.2) is 30.2 Å². The maximum atomic E-state index is 13.7. The van der Waals surface area contributed by atoms with Gasteiger partial charge in [0.25, 0.3) is 0 Å². The van der Waals surface area contributed by atoms with Crippen LogP contribution < -0.4 is 5.32 Å². The average Bonchev–Trinajstić information content (AvgIpc) is 2.49. The van der Waals surface area contributed by atoms with Gasteiger partial charge in [0.05, 0.1) is 17.3 Å². The summed E-state index contributed by atoms with van der Waals surface area (Å²) in [6.45, 7) is 0.553. The quantitative estimate of drug-likeness (QED) is 0.884. The molecule has 0 saturated carbocycles. The molecule has 1 aliphatic heterocycles. The molecule has 7 heteroatoms. The predicted octanol–water partition coefficient (Wildman–Crippen LogP) is 1.78. The molecule has 21 heavy (non-hydrogen) atoms. The van der Waals surface area contributed by atoms with E-state index in [0.29, 0.717) is 0 Å². The summed E-state index contributed by atoms with van der Waals surface area (Å²) < 4.78 is 18.8. The largest absolute Gasteiger partial charge is 0.478 e. The smallest absolute Gasteiger partial charge is 0.335 e. The van der Waals surface area contributed by atoms with Gasteiger partial charge in [-0.3, -0.25) is 4.79 Å². The number of nitrogens with one attached hydrogen (secondary N) is 1. The van der Waals surface area contributed by atoms with Crippen molar-refractivity contribution in [3.8, 4) is 6.07 Å². The van der Waals surface area contributed by atoms with Gasteiger partial charge in [-0.2, -0.15) is 5.26 Å². The third kappa shape index (κ3) is 3.01. The van der Waals surface area contributed by atoms with Gasteiger partial charge in [0.1, 0.15) is 11.2 Å². The summed E-state index contributed by atoms with van der Waals surface area (Å²) in [5, 5.41) is 20.4. The van der Waals surface area contributed by atoms with Crippen LogP contribution in [0.4, 0.5) is 10.1 Å². The number of nitriles is 1. The molecule has 1 aromatic carbocycles. The maximum absolute atomic E-state index is 13.7. The van der Waals surface area contributed by atoms with E-state index in [2.05, 4.69) is 5.32 Å². The number of hydrogen-bond donors (Lipinski definition) is 2. The predicted molar refractivity (Wildman–Crippen MR) is 70.1 cm³/mol. The maximum Gasteiger partial charge on any atom is 0.335 e. The first-order valence-electron chi connectivity index (χ1n) is 6.32. The monoisotopic (exact) mass is 292 g/mol. The molecule has 0 aliphatic carbocycles. The van der Waals surface area contributed by atoms with E-state index < -0.39 is 23.1 Å². The van der Waals surface area contributed by atoms with E-state index in [4.69, 9.17) is 9.84 Å². The van der Waals surface area contributed by atoms with E-state index in [9.17, 15) is 19.2 Å². The molecule has 0 aromatic heterocycles. The zero-order chi connectivity index (χ0) is 15.5. The highest BCUT2D eigenvalue weighted by molar-refractivity contribution is 5.98. The Balaban J connectivity index is 2.25. The summed E-state index contributed by atoms with van der Waals surface area (Å²) in [4.78, 5) is 23.1. The molecular formula is C14H13FN2O4. The molecule has 1 aliphatic rings. The number of hydrogen-bond acceptors (Lipinski definition) is 4. The molecule has 1 saturated heterocycles. The Hall–Kier alpha value is -2.46. The van der Waals surface area contributed by atoms with Crippen LogP contribution in [0.5, 0.6) is 0 Å². The second kappa shape index (κ2) is 5.89. The van der Waals surface area contributed by atoms with E-state index in [1.165, 1.54) is 0 Å². The number of amides is 1. The molecule has 1 amide bonds. The van der Waals surface area contributed by atoms with E-state index in [-0.39, 0.29) is 37.3 Å². The van der Waals surface area contributed by atoms with E-state index in [0.717, 1.165) is 18.2 Å². The highest BCUT2D eigenvalue weighted by atomic mass is 19.1. The van der Waals surface area contributed by atoms with Gasteiger partial charge in [-0.1, -0.05) is 0 Å². The fourth-order valence-corrected chi connectivity index (χ4v) is 2.11. The second-order valence-corrected chi connectivity index (χ2v) is 4.76. The summed E-state index contributed by atoms with van der Waals surface area (Å²) in [7, 11) is 0. The number of ether oxygens (including phenoxy) is 1. The minimum absolute atomic E-state index is 0.148. The van der Waals surface area contributed by atoms with E-state index in [1.54, 1.807) is 0 Å². The molecule has 1 aromatic rings. The molecule has 1 heterocycles. The van der Waals surface area contributed by atoms with E-state index in [1.807, 2.05) is 6.07 Å². The number of carbonyl (C=O) groups is 2. The molecule has 1 fully saturated rings. The number of rotatable bonds is 3. The minimum Gasteiger partial charge on any atom is -0.478 e. The number of anilines is 1. The fourth-order valence-electron chi connectivity index (χ4n) is 2.11.